The zero-order valence-electron chi connectivity index (χ0n) is 12.2. The van der Waals surface area contributed by atoms with Crippen LogP contribution in [0.25, 0.3) is 0 Å². The predicted molar refractivity (Wildman–Crippen MR) is 87.0 cm³/mol. The highest BCUT2D eigenvalue weighted by Gasteiger charge is 2.07. The van der Waals surface area contributed by atoms with Crippen LogP contribution in [0.2, 0.25) is 0 Å². The molecule has 2 aromatic rings. The molecule has 1 atom stereocenters. The zero-order valence-corrected chi connectivity index (χ0v) is 13.8. The smallest absolute Gasteiger partial charge is 0.123 e. The van der Waals surface area contributed by atoms with Crippen molar-refractivity contribution in [3.05, 3.63) is 63.9 Å². The molecule has 112 valence electrons. The van der Waals surface area contributed by atoms with Gasteiger partial charge < -0.3 is 10.1 Å². The molecule has 0 aliphatic rings. The highest BCUT2D eigenvalue weighted by atomic mass is 79.9. The lowest BCUT2D eigenvalue weighted by molar-refractivity contribution is 0.340. The Balaban J connectivity index is 1.97. The summed E-state index contributed by atoms with van der Waals surface area (Å²) >= 11 is 3.44. The van der Waals surface area contributed by atoms with Crippen molar-refractivity contribution in [3.63, 3.8) is 0 Å². The normalized spacial score (nSPS) is 12.2. The van der Waals surface area contributed by atoms with Crippen LogP contribution in [-0.4, -0.2) is 6.61 Å². The monoisotopic (exact) mass is 351 g/mol. The summed E-state index contributed by atoms with van der Waals surface area (Å²) in [6.07, 6.45) is 0. The van der Waals surface area contributed by atoms with Crippen molar-refractivity contribution in [1.29, 1.82) is 0 Å². The first-order chi connectivity index (χ1) is 10.1. The molecule has 2 aromatic carbocycles. The van der Waals surface area contributed by atoms with E-state index in [1.54, 1.807) is 12.1 Å². The molecular formula is C17H19BrFNO. The Labute approximate surface area is 133 Å². The summed E-state index contributed by atoms with van der Waals surface area (Å²) in [5, 5.41) is 3.40. The number of nitrogens with one attached hydrogen (secondary N) is 1. The van der Waals surface area contributed by atoms with Gasteiger partial charge in [0.2, 0.25) is 0 Å². The van der Waals surface area contributed by atoms with Gasteiger partial charge in [-0.25, -0.2) is 4.39 Å². The average Bonchev–Trinajstić information content (AvgIpc) is 2.49. The molecule has 4 heteroatoms. The molecule has 0 saturated heterocycles. The molecule has 0 radical (unpaired) electrons. The fourth-order valence-electron chi connectivity index (χ4n) is 2.08. The number of ether oxygens (including phenoxy) is 1. The first-order valence-corrected chi connectivity index (χ1v) is 7.79. The number of halogens is 2. The van der Waals surface area contributed by atoms with E-state index >= 15 is 0 Å². The molecular weight excluding hydrogens is 333 g/mol. The Bertz CT molecular complexity index is 586. The Hall–Kier alpha value is -1.39. The molecule has 21 heavy (non-hydrogen) atoms. The Kier molecular flexibility index (Phi) is 5.76. The quantitative estimate of drug-likeness (QED) is 0.803. The summed E-state index contributed by atoms with van der Waals surface area (Å²) in [6.45, 7) is 5.32. The van der Waals surface area contributed by atoms with Gasteiger partial charge in [0.25, 0.3) is 0 Å². The van der Waals surface area contributed by atoms with E-state index in [4.69, 9.17) is 4.74 Å². The van der Waals surface area contributed by atoms with Crippen molar-refractivity contribution in [2.75, 3.05) is 6.61 Å². The van der Waals surface area contributed by atoms with Gasteiger partial charge in [-0.05, 0) is 55.3 Å². The van der Waals surface area contributed by atoms with Gasteiger partial charge in [-0.3, -0.25) is 0 Å². The molecule has 0 saturated carbocycles. The summed E-state index contributed by atoms with van der Waals surface area (Å²) in [4.78, 5) is 0. The van der Waals surface area contributed by atoms with E-state index in [-0.39, 0.29) is 11.9 Å². The van der Waals surface area contributed by atoms with Gasteiger partial charge in [-0.15, -0.1) is 0 Å². The highest BCUT2D eigenvalue weighted by Crippen LogP contribution is 2.21. The molecule has 2 rings (SSSR count). The van der Waals surface area contributed by atoms with Crippen molar-refractivity contribution >= 4 is 15.9 Å². The minimum Gasteiger partial charge on any atom is -0.494 e. The fourth-order valence-corrected chi connectivity index (χ4v) is 2.47. The Morgan fingerprint density at radius 2 is 1.90 bits per heavy atom. The fraction of sp³-hybridized carbons (Fsp3) is 0.294. The largest absolute Gasteiger partial charge is 0.494 e. The second-order valence-corrected chi connectivity index (χ2v) is 5.69. The highest BCUT2D eigenvalue weighted by molar-refractivity contribution is 9.10. The molecule has 1 unspecified atom stereocenters. The molecule has 0 fully saturated rings. The third kappa shape index (κ3) is 4.55. The first-order valence-electron chi connectivity index (χ1n) is 7.00. The standard InChI is InChI=1S/C17H19BrFNO/c1-3-21-16-7-4-13(5-8-16)12(2)20-11-14-10-15(19)6-9-17(14)18/h4-10,12,20H,3,11H2,1-2H3. The van der Waals surface area contributed by atoms with Crippen LogP contribution < -0.4 is 10.1 Å². The lowest BCUT2D eigenvalue weighted by Crippen LogP contribution is -2.18. The molecule has 1 N–H and O–H groups in total. The van der Waals surface area contributed by atoms with Crippen molar-refractivity contribution in [2.45, 2.75) is 26.4 Å². The summed E-state index contributed by atoms with van der Waals surface area (Å²) < 4.78 is 19.6. The van der Waals surface area contributed by atoms with Gasteiger partial charge >= 0.3 is 0 Å². The van der Waals surface area contributed by atoms with Gasteiger partial charge in [0.05, 0.1) is 6.61 Å². The van der Waals surface area contributed by atoms with Gasteiger partial charge in [0.1, 0.15) is 11.6 Å². The van der Waals surface area contributed by atoms with Crippen LogP contribution in [0.5, 0.6) is 5.75 Å². The van der Waals surface area contributed by atoms with E-state index < -0.39 is 0 Å². The van der Waals surface area contributed by atoms with Crippen LogP contribution >= 0.6 is 15.9 Å². The van der Waals surface area contributed by atoms with Gasteiger partial charge in [-0.2, -0.15) is 0 Å². The number of benzene rings is 2. The van der Waals surface area contributed by atoms with Crippen molar-refractivity contribution in [1.82, 2.24) is 5.32 Å². The summed E-state index contributed by atoms with van der Waals surface area (Å²) in [5.74, 6) is 0.657. The Morgan fingerprint density at radius 1 is 1.19 bits per heavy atom. The molecule has 0 amide bonds. The van der Waals surface area contributed by atoms with E-state index in [0.717, 1.165) is 15.8 Å². The average molecular weight is 352 g/mol. The van der Waals surface area contributed by atoms with Crippen LogP contribution in [-0.2, 0) is 6.54 Å². The molecule has 0 heterocycles. The van der Waals surface area contributed by atoms with Crippen LogP contribution in [0.3, 0.4) is 0 Å². The minimum atomic E-state index is -0.219. The van der Waals surface area contributed by atoms with Crippen LogP contribution in [0.15, 0.2) is 46.9 Å². The van der Waals surface area contributed by atoms with E-state index in [2.05, 4.69) is 28.2 Å². The van der Waals surface area contributed by atoms with E-state index in [1.807, 2.05) is 31.2 Å². The van der Waals surface area contributed by atoms with Crippen LogP contribution in [0, 0.1) is 5.82 Å². The number of hydrogen-bond acceptors (Lipinski definition) is 2. The summed E-state index contributed by atoms with van der Waals surface area (Å²) in [6, 6.07) is 12.9. The summed E-state index contributed by atoms with van der Waals surface area (Å²) in [7, 11) is 0. The SMILES string of the molecule is CCOc1ccc(C(C)NCc2cc(F)ccc2Br)cc1. The molecule has 0 aliphatic carbocycles. The maximum atomic E-state index is 13.2. The van der Waals surface area contributed by atoms with Crippen LogP contribution in [0.4, 0.5) is 4.39 Å². The van der Waals surface area contributed by atoms with Crippen LogP contribution in [0.1, 0.15) is 31.0 Å². The molecule has 0 spiro atoms. The van der Waals surface area contributed by atoms with E-state index in [0.29, 0.717) is 13.2 Å². The summed E-state index contributed by atoms with van der Waals surface area (Å²) in [5.41, 5.74) is 2.08. The minimum absolute atomic E-state index is 0.177. The zero-order chi connectivity index (χ0) is 15.2. The second kappa shape index (κ2) is 7.57. The van der Waals surface area contributed by atoms with Crippen molar-refractivity contribution in [2.24, 2.45) is 0 Å². The third-order valence-corrected chi connectivity index (χ3v) is 4.07. The topological polar surface area (TPSA) is 21.3 Å². The Morgan fingerprint density at radius 3 is 2.57 bits per heavy atom. The van der Waals surface area contributed by atoms with Crippen molar-refractivity contribution < 1.29 is 9.13 Å². The number of rotatable bonds is 6. The van der Waals surface area contributed by atoms with Gasteiger partial charge in [-0.1, -0.05) is 28.1 Å². The maximum Gasteiger partial charge on any atom is 0.123 e. The second-order valence-electron chi connectivity index (χ2n) is 4.84. The molecule has 0 aromatic heterocycles. The van der Waals surface area contributed by atoms with Gasteiger partial charge in [0, 0.05) is 17.1 Å². The first kappa shape index (κ1) is 16.0. The maximum absolute atomic E-state index is 13.2. The predicted octanol–water partition coefficient (Wildman–Crippen LogP) is 4.84. The van der Waals surface area contributed by atoms with E-state index in [9.17, 15) is 4.39 Å². The lowest BCUT2D eigenvalue weighted by Gasteiger charge is -2.15. The molecule has 0 bridgehead atoms. The number of hydrogen-bond donors (Lipinski definition) is 1. The molecule has 0 aliphatic heterocycles. The molecule has 2 nitrogen and oxygen atoms in total. The van der Waals surface area contributed by atoms with Gasteiger partial charge in [0.15, 0.2) is 0 Å². The third-order valence-electron chi connectivity index (χ3n) is 3.30. The lowest BCUT2D eigenvalue weighted by atomic mass is 10.1. The van der Waals surface area contributed by atoms with E-state index in [1.165, 1.54) is 11.6 Å². The van der Waals surface area contributed by atoms with Crippen molar-refractivity contribution in [3.8, 4) is 5.75 Å².